The normalized spacial score (nSPS) is 14.1. The first-order valence-electron chi connectivity index (χ1n) is 6.91. The molecule has 22 heavy (non-hydrogen) atoms. The summed E-state index contributed by atoms with van der Waals surface area (Å²) in [7, 11) is 0. The van der Waals surface area contributed by atoms with Crippen LogP contribution in [0.5, 0.6) is 0 Å². The van der Waals surface area contributed by atoms with Crippen LogP contribution in [0.25, 0.3) is 6.08 Å². The van der Waals surface area contributed by atoms with E-state index in [9.17, 15) is 14.9 Å². The van der Waals surface area contributed by atoms with E-state index in [1.165, 1.54) is 28.7 Å². The third kappa shape index (κ3) is 2.92. The number of hydrogen-bond donors (Lipinski definition) is 0. The minimum absolute atomic E-state index is 0.00492. The molecule has 3 rings (SSSR count). The van der Waals surface area contributed by atoms with Gasteiger partial charge in [-0.15, -0.1) is 11.3 Å². The highest BCUT2D eigenvalue weighted by Gasteiger charge is 2.20. The van der Waals surface area contributed by atoms with Gasteiger partial charge in [0.1, 0.15) is 0 Å². The Labute approximate surface area is 131 Å². The number of carbonyl (C=O) groups excluding carboxylic acids is 1. The standard InChI is InChI=1S/C16H14N2O3S/c19-16(17-9-7-15-13(11-17)8-10-22-15)6-5-12-3-1-2-4-14(12)18(20)21/h1-6,8,10H,7,9,11H2/b6-5+. The Morgan fingerprint density at radius 3 is 2.95 bits per heavy atom. The molecule has 1 aromatic carbocycles. The van der Waals surface area contributed by atoms with Crippen LogP contribution in [-0.4, -0.2) is 22.3 Å². The van der Waals surface area contributed by atoms with Crippen molar-refractivity contribution in [2.75, 3.05) is 6.54 Å². The van der Waals surface area contributed by atoms with Gasteiger partial charge < -0.3 is 4.90 Å². The summed E-state index contributed by atoms with van der Waals surface area (Å²) in [5, 5.41) is 13.0. The van der Waals surface area contributed by atoms with Gasteiger partial charge in [0.2, 0.25) is 5.91 Å². The molecule has 112 valence electrons. The van der Waals surface area contributed by atoms with Crippen molar-refractivity contribution in [3.63, 3.8) is 0 Å². The zero-order valence-corrected chi connectivity index (χ0v) is 12.6. The molecule has 0 N–H and O–H groups in total. The maximum atomic E-state index is 12.3. The molecule has 2 heterocycles. The lowest BCUT2D eigenvalue weighted by Gasteiger charge is -2.25. The highest BCUT2D eigenvalue weighted by molar-refractivity contribution is 7.10. The Morgan fingerprint density at radius 1 is 1.32 bits per heavy atom. The highest BCUT2D eigenvalue weighted by atomic mass is 32.1. The summed E-state index contributed by atoms with van der Waals surface area (Å²) in [5.41, 5.74) is 1.64. The van der Waals surface area contributed by atoms with Gasteiger partial charge in [0.15, 0.2) is 0 Å². The van der Waals surface area contributed by atoms with Crippen LogP contribution in [-0.2, 0) is 17.8 Å². The number of carbonyl (C=O) groups is 1. The van der Waals surface area contributed by atoms with E-state index < -0.39 is 4.92 Å². The summed E-state index contributed by atoms with van der Waals surface area (Å²) in [4.78, 5) is 25.9. The van der Waals surface area contributed by atoms with E-state index in [4.69, 9.17) is 0 Å². The maximum Gasteiger partial charge on any atom is 0.276 e. The summed E-state index contributed by atoms with van der Waals surface area (Å²) in [6.07, 6.45) is 3.81. The van der Waals surface area contributed by atoms with Crippen LogP contribution in [0.15, 0.2) is 41.8 Å². The largest absolute Gasteiger partial charge is 0.334 e. The predicted molar refractivity (Wildman–Crippen MR) is 85.6 cm³/mol. The number of nitrogens with zero attached hydrogens (tertiary/aromatic N) is 2. The van der Waals surface area contributed by atoms with Crippen LogP contribution < -0.4 is 0 Å². The number of nitro groups is 1. The quantitative estimate of drug-likeness (QED) is 0.496. The molecule has 0 fully saturated rings. The van der Waals surface area contributed by atoms with E-state index in [1.54, 1.807) is 34.4 Å². The summed E-state index contributed by atoms with van der Waals surface area (Å²) < 4.78 is 0. The Hall–Kier alpha value is -2.47. The average Bonchev–Trinajstić information content (AvgIpc) is 3.00. The number of para-hydroxylation sites is 1. The highest BCUT2D eigenvalue weighted by Crippen LogP contribution is 2.24. The number of hydrogen-bond acceptors (Lipinski definition) is 4. The number of fused-ring (bicyclic) bond motifs is 1. The van der Waals surface area contributed by atoms with Crippen molar-refractivity contribution in [1.82, 2.24) is 4.90 Å². The fourth-order valence-electron chi connectivity index (χ4n) is 2.50. The second kappa shape index (κ2) is 6.11. The van der Waals surface area contributed by atoms with E-state index >= 15 is 0 Å². The second-order valence-electron chi connectivity index (χ2n) is 5.03. The minimum Gasteiger partial charge on any atom is -0.334 e. The molecule has 0 radical (unpaired) electrons. The molecule has 0 spiro atoms. The van der Waals surface area contributed by atoms with E-state index in [1.807, 2.05) is 11.4 Å². The van der Waals surface area contributed by atoms with Crippen molar-refractivity contribution in [3.8, 4) is 0 Å². The third-order valence-electron chi connectivity index (χ3n) is 3.66. The smallest absolute Gasteiger partial charge is 0.276 e. The van der Waals surface area contributed by atoms with Crippen molar-refractivity contribution in [3.05, 3.63) is 67.9 Å². The minimum atomic E-state index is -0.442. The first kappa shape index (κ1) is 14.5. The predicted octanol–water partition coefficient (Wildman–Crippen LogP) is 3.25. The summed E-state index contributed by atoms with van der Waals surface area (Å²) in [6.45, 7) is 1.30. The fraction of sp³-hybridized carbons (Fsp3) is 0.188. The molecule has 2 aromatic rings. The number of thiophene rings is 1. The van der Waals surface area contributed by atoms with E-state index in [0.717, 1.165) is 6.42 Å². The molecule has 0 unspecified atom stereocenters. The Bertz CT molecular complexity index is 751. The van der Waals surface area contributed by atoms with E-state index in [-0.39, 0.29) is 11.6 Å². The number of amides is 1. The second-order valence-corrected chi connectivity index (χ2v) is 6.03. The lowest BCUT2D eigenvalue weighted by Crippen LogP contribution is -2.34. The molecule has 0 atom stereocenters. The zero-order valence-electron chi connectivity index (χ0n) is 11.8. The molecule has 1 amide bonds. The van der Waals surface area contributed by atoms with Crippen LogP contribution in [0.3, 0.4) is 0 Å². The Morgan fingerprint density at radius 2 is 2.14 bits per heavy atom. The van der Waals surface area contributed by atoms with Crippen LogP contribution in [0.2, 0.25) is 0 Å². The van der Waals surface area contributed by atoms with Gasteiger partial charge >= 0.3 is 0 Å². The van der Waals surface area contributed by atoms with Crippen LogP contribution in [0.1, 0.15) is 16.0 Å². The topological polar surface area (TPSA) is 63.4 Å². The molecular formula is C16H14N2O3S. The molecule has 1 aromatic heterocycles. The van der Waals surface area contributed by atoms with Crippen LogP contribution >= 0.6 is 11.3 Å². The molecule has 0 aliphatic carbocycles. The molecule has 1 aliphatic heterocycles. The van der Waals surface area contributed by atoms with Crippen molar-refractivity contribution < 1.29 is 9.72 Å². The lowest BCUT2D eigenvalue weighted by molar-refractivity contribution is -0.385. The summed E-state index contributed by atoms with van der Waals surface area (Å²) in [5.74, 6) is -0.116. The monoisotopic (exact) mass is 314 g/mol. The van der Waals surface area contributed by atoms with Crippen molar-refractivity contribution in [2.24, 2.45) is 0 Å². The molecule has 0 saturated heterocycles. The van der Waals surface area contributed by atoms with Gasteiger partial charge in [-0.1, -0.05) is 12.1 Å². The SMILES string of the molecule is O=C(/C=C/c1ccccc1[N+](=O)[O-])N1CCc2sccc2C1. The first-order chi connectivity index (χ1) is 10.6. The maximum absolute atomic E-state index is 12.3. The van der Waals surface area contributed by atoms with Crippen LogP contribution in [0.4, 0.5) is 5.69 Å². The fourth-order valence-corrected chi connectivity index (χ4v) is 3.39. The number of nitro benzene ring substituents is 1. The van der Waals surface area contributed by atoms with Gasteiger partial charge in [-0.25, -0.2) is 0 Å². The molecule has 6 heteroatoms. The Kier molecular flexibility index (Phi) is 4.02. The van der Waals surface area contributed by atoms with Gasteiger partial charge in [0.25, 0.3) is 5.69 Å². The van der Waals surface area contributed by atoms with Gasteiger partial charge in [0, 0.05) is 30.1 Å². The Balaban J connectivity index is 1.74. The average molecular weight is 314 g/mol. The third-order valence-corrected chi connectivity index (χ3v) is 4.68. The lowest BCUT2D eigenvalue weighted by atomic mass is 10.1. The number of benzene rings is 1. The zero-order chi connectivity index (χ0) is 15.5. The first-order valence-corrected chi connectivity index (χ1v) is 7.79. The molecule has 0 saturated carbocycles. The molecule has 5 nitrogen and oxygen atoms in total. The van der Waals surface area contributed by atoms with Gasteiger partial charge in [-0.3, -0.25) is 14.9 Å². The molecular weight excluding hydrogens is 300 g/mol. The van der Waals surface area contributed by atoms with Crippen molar-refractivity contribution in [1.29, 1.82) is 0 Å². The summed E-state index contributed by atoms with van der Waals surface area (Å²) >= 11 is 1.72. The van der Waals surface area contributed by atoms with Crippen molar-refractivity contribution >= 4 is 29.0 Å². The number of rotatable bonds is 3. The van der Waals surface area contributed by atoms with Crippen molar-refractivity contribution in [2.45, 2.75) is 13.0 Å². The molecule has 1 aliphatic rings. The summed E-state index contributed by atoms with van der Waals surface area (Å²) in [6, 6.07) is 8.44. The van der Waals surface area contributed by atoms with E-state index in [2.05, 4.69) is 0 Å². The molecule has 0 bridgehead atoms. The van der Waals surface area contributed by atoms with Gasteiger partial charge in [0.05, 0.1) is 10.5 Å². The van der Waals surface area contributed by atoms with Gasteiger partial charge in [-0.05, 0) is 35.6 Å². The van der Waals surface area contributed by atoms with Gasteiger partial charge in [-0.2, -0.15) is 0 Å². The van der Waals surface area contributed by atoms with Crippen LogP contribution in [0, 0.1) is 10.1 Å². The van der Waals surface area contributed by atoms with E-state index in [0.29, 0.717) is 18.7 Å².